The number of hydrogen-bond donors (Lipinski definition) is 0. The van der Waals surface area contributed by atoms with E-state index in [1.807, 2.05) is 0 Å². The van der Waals surface area contributed by atoms with Crippen LogP contribution in [0.4, 0.5) is 0 Å². The predicted octanol–water partition coefficient (Wildman–Crippen LogP) is 15.1. The summed E-state index contributed by atoms with van der Waals surface area (Å²) in [6.07, 6.45) is 52.3. The van der Waals surface area contributed by atoms with Gasteiger partial charge < -0.3 is 14.2 Å². The van der Waals surface area contributed by atoms with Crippen LogP contribution in [0.3, 0.4) is 0 Å². The maximum Gasteiger partial charge on any atom is 0.306 e. The van der Waals surface area contributed by atoms with E-state index in [0.717, 1.165) is 83.5 Å². The molecule has 1 atom stereocenters. The highest BCUT2D eigenvalue weighted by atomic mass is 16.6. The van der Waals surface area contributed by atoms with Gasteiger partial charge in [0, 0.05) is 19.3 Å². The fraction of sp³-hybridized carbons (Fsp3) is 0.780. The van der Waals surface area contributed by atoms with Crippen molar-refractivity contribution in [2.75, 3.05) is 13.2 Å². The van der Waals surface area contributed by atoms with Crippen molar-refractivity contribution in [2.45, 2.75) is 239 Å². The maximum absolute atomic E-state index is 12.7. The van der Waals surface area contributed by atoms with Gasteiger partial charge in [0.25, 0.3) is 0 Å². The average Bonchev–Trinajstić information content (AvgIpc) is 3.19. The Morgan fingerprint density at radius 3 is 1.09 bits per heavy atom. The molecule has 0 heterocycles. The average molecular weight is 785 g/mol. The number of carbonyl (C=O) groups is 3. The molecule has 6 nitrogen and oxygen atoms in total. The van der Waals surface area contributed by atoms with Crippen molar-refractivity contribution in [1.29, 1.82) is 0 Å². The van der Waals surface area contributed by atoms with Gasteiger partial charge >= 0.3 is 17.9 Å². The quantitative estimate of drug-likeness (QED) is 0.0265. The summed E-state index contributed by atoms with van der Waals surface area (Å²) in [7, 11) is 0. The number of carbonyl (C=O) groups excluding carboxylic acids is 3. The second-order valence-corrected chi connectivity index (χ2v) is 15.6. The molecular weight excluding hydrogens is 697 g/mol. The summed E-state index contributed by atoms with van der Waals surface area (Å²) < 4.78 is 16.7. The van der Waals surface area contributed by atoms with Crippen molar-refractivity contribution in [1.82, 2.24) is 0 Å². The molecule has 0 aliphatic carbocycles. The zero-order chi connectivity index (χ0) is 40.8. The lowest BCUT2D eigenvalue weighted by Crippen LogP contribution is -2.30. The Hall–Kier alpha value is -2.63. The lowest BCUT2D eigenvalue weighted by atomic mass is 10.0. The largest absolute Gasteiger partial charge is 0.462 e. The molecule has 0 fully saturated rings. The van der Waals surface area contributed by atoms with E-state index in [0.29, 0.717) is 19.3 Å². The van der Waals surface area contributed by atoms with E-state index >= 15 is 0 Å². The first-order chi connectivity index (χ1) is 27.5. The van der Waals surface area contributed by atoms with Crippen molar-refractivity contribution in [3.8, 4) is 0 Å². The monoisotopic (exact) mass is 785 g/mol. The molecule has 0 aromatic rings. The fourth-order valence-electron chi connectivity index (χ4n) is 6.55. The lowest BCUT2D eigenvalue weighted by molar-refractivity contribution is -0.167. The summed E-state index contributed by atoms with van der Waals surface area (Å²) in [5.41, 5.74) is 0. The number of esters is 3. The molecule has 0 rings (SSSR count). The van der Waals surface area contributed by atoms with Crippen LogP contribution >= 0.6 is 0 Å². The van der Waals surface area contributed by atoms with Gasteiger partial charge in [0.2, 0.25) is 0 Å². The van der Waals surface area contributed by atoms with Gasteiger partial charge in [-0.2, -0.15) is 0 Å². The maximum atomic E-state index is 12.7. The highest BCUT2D eigenvalue weighted by Gasteiger charge is 2.19. The molecule has 0 unspecified atom stereocenters. The zero-order valence-corrected chi connectivity index (χ0v) is 36.9. The zero-order valence-electron chi connectivity index (χ0n) is 36.9. The first-order valence-electron chi connectivity index (χ1n) is 23.6. The van der Waals surface area contributed by atoms with Crippen molar-refractivity contribution in [2.24, 2.45) is 0 Å². The van der Waals surface area contributed by atoms with Gasteiger partial charge in [-0.05, 0) is 57.8 Å². The van der Waals surface area contributed by atoms with Crippen molar-refractivity contribution in [3.05, 3.63) is 48.6 Å². The van der Waals surface area contributed by atoms with E-state index in [9.17, 15) is 14.4 Å². The molecule has 0 aliphatic rings. The predicted molar refractivity (Wildman–Crippen MR) is 238 cm³/mol. The Kier molecular flexibility index (Phi) is 43.0. The van der Waals surface area contributed by atoms with Crippen molar-refractivity contribution < 1.29 is 28.6 Å². The SMILES string of the molecule is CC/C=C\C/C=C\C/C=C\C/C=C\CCCCC(=O)OC[C@H](COC(=O)CCCCCCCCCCCCCC)OC(=O)CCCCCCCCCCCCC. The third kappa shape index (κ3) is 42.5. The van der Waals surface area contributed by atoms with E-state index < -0.39 is 6.10 Å². The molecule has 0 aliphatic heterocycles. The summed E-state index contributed by atoms with van der Waals surface area (Å²) in [4.78, 5) is 37.8. The summed E-state index contributed by atoms with van der Waals surface area (Å²) in [6, 6.07) is 0. The number of unbranched alkanes of at least 4 members (excludes halogenated alkanes) is 23. The molecule has 0 amide bonds. The van der Waals surface area contributed by atoms with Crippen LogP contribution in [0.2, 0.25) is 0 Å². The molecule has 0 aromatic carbocycles. The highest BCUT2D eigenvalue weighted by molar-refractivity contribution is 5.71. The minimum absolute atomic E-state index is 0.0831. The van der Waals surface area contributed by atoms with Crippen LogP contribution in [0.5, 0.6) is 0 Å². The van der Waals surface area contributed by atoms with Crippen LogP contribution in [-0.4, -0.2) is 37.2 Å². The van der Waals surface area contributed by atoms with E-state index in [4.69, 9.17) is 14.2 Å². The second kappa shape index (κ2) is 45.1. The Labute approximate surface area is 346 Å². The van der Waals surface area contributed by atoms with Gasteiger partial charge in [-0.3, -0.25) is 14.4 Å². The van der Waals surface area contributed by atoms with Gasteiger partial charge in [-0.1, -0.05) is 204 Å². The summed E-state index contributed by atoms with van der Waals surface area (Å²) in [6.45, 7) is 6.47. The molecule has 0 saturated heterocycles. The summed E-state index contributed by atoms with van der Waals surface area (Å²) >= 11 is 0. The van der Waals surface area contributed by atoms with Crippen LogP contribution in [-0.2, 0) is 28.6 Å². The van der Waals surface area contributed by atoms with Gasteiger partial charge in [0.1, 0.15) is 13.2 Å². The molecule has 0 radical (unpaired) electrons. The number of allylic oxidation sites excluding steroid dienone is 8. The third-order valence-electron chi connectivity index (χ3n) is 10.1. The molecule has 0 N–H and O–H groups in total. The summed E-state index contributed by atoms with van der Waals surface area (Å²) in [5.74, 6) is -0.924. The minimum Gasteiger partial charge on any atom is -0.462 e. The Bertz CT molecular complexity index is 996. The first kappa shape index (κ1) is 53.4. The smallest absolute Gasteiger partial charge is 0.306 e. The summed E-state index contributed by atoms with van der Waals surface area (Å²) in [5, 5.41) is 0. The van der Waals surface area contributed by atoms with Crippen LogP contribution in [0.15, 0.2) is 48.6 Å². The molecule has 56 heavy (non-hydrogen) atoms. The Morgan fingerprint density at radius 1 is 0.375 bits per heavy atom. The Morgan fingerprint density at radius 2 is 0.696 bits per heavy atom. The molecule has 0 bridgehead atoms. The highest BCUT2D eigenvalue weighted by Crippen LogP contribution is 2.15. The number of hydrogen-bond acceptors (Lipinski definition) is 6. The van der Waals surface area contributed by atoms with Crippen molar-refractivity contribution in [3.63, 3.8) is 0 Å². The molecule has 0 spiro atoms. The van der Waals surface area contributed by atoms with Crippen molar-refractivity contribution >= 4 is 17.9 Å². The number of ether oxygens (including phenoxy) is 3. The van der Waals surface area contributed by atoms with Gasteiger partial charge in [0.15, 0.2) is 6.10 Å². The van der Waals surface area contributed by atoms with E-state index in [-0.39, 0.29) is 31.1 Å². The van der Waals surface area contributed by atoms with Gasteiger partial charge in [-0.25, -0.2) is 0 Å². The van der Waals surface area contributed by atoms with E-state index in [1.54, 1.807) is 0 Å². The number of rotatable bonds is 42. The normalized spacial score (nSPS) is 12.4. The van der Waals surface area contributed by atoms with Crippen LogP contribution in [0.1, 0.15) is 233 Å². The molecule has 0 aromatic heterocycles. The lowest BCUT2D eigenvalue weighted by Gasteiger charge is -2.18. The van der Waals surface area contributed by atoms with E-state index in [1.165, 1.54) is 109 Å². The third-order valence-corrected chi connectivity index (χ3v) is 10.1. The molecule has 0 saturated carbocycles. The van der Waals surface area contributed by atoms with Gasteiger partial charge in [-0.15, -0.1) is 0 Å². The van der Waals surface area contributed by atoms with E-state index in [2.05, 4.69) is 69.4 Å². The van der Waals surface area contributed by atoms with Gasteiger partial charge in [0.05, 0.1) is 0 Å². The first-order valence-corrected chi connectivity index (χ1v) is 23.6. The van der Waals surface area contributed by atoms with Crippen LogP contribution < -0.4 is 0 Å². The minimum atomic E-state index is -0.783. The molecular formula is C50H88O6. The molecule has 6 heteroatoms. The fourth-order valence-corrected chi connectivity index (χ4v) is 6.55. The van der Waals surface area contributed by atoms with Crippen LogP contribution in [0, 0.1) is 0 Å². The second-order valence-electron chi connectivity index (χ2n) is 15.6. The molecule has 324 valence electrons. The Balaban J connectivity index is 4.42. The van der Waals surface area contributed by atoms with Crippen LogP contribution in [0.25, 0.3) is 0 Å². The topological polar surface area (TPSA) is 78.9 Å². The standard InChI is InChI=1S/C50H88O6/c1-4-7-10-13-16-19-22-24-25-26-29-31-34-37-40-43-49(52)55-46-47(56-50(53)44-41-38-35-32-27-21-18-15-12-9-6-3)45-54-48(51)42-39-36-33-30-28-23-20-17-14-11-8-5-2/h7,10,16,19,24-25,29,31,47H,4-6,8-9,11-15,17-18,20-23,26-28,30,32-46H2,1-3H3/b10-7-,19-16-,25-24-,31-29-/t47-/m0/s1.